The van der Waals surface area contributed by atoms with Crippen LogP contribution < -0.4 is 0 Å². The van der Waals surface area contributed by atoms with Crippen molar-refractivity contribution in [3.05, 3.63) is 53.3 Å². The Labute approximate surface area is 154 Å². The Kier molecular flexibility index (Phi) is 5.83. The van der Waals surface area contributed by atoms with Gasteiger partial charge in [0.15, 0.2) is 5.82 Å². The molecule has 2 heterocycles. The van der Waals surface area contributed by atoms with Crippen LogP contribution in [0.2, 0.25) is 5.02 Å². The fourth-order valence-corrected chi connectivity index (χ4v) is 3.43. The highest BCUT2D eigenvalue weighted by molar-refractivity contribution is 6.30. The predicted molar refractivity (Wildman–Crippen MR) is 99.7 cm³/mol. The first kappa shape index (κ1) is 18.0. The van der Waals surface area contributed by atoms with Crippen LogP contribution in [0.3, 0.4) is 0 Å². The van der Waals surface area contributed by atoms with Crippen molar-refractivity contribution in [3.8, 4) is 0 Å². The third-order valence-corrected chi connectivity index (χ3v) is 4.85. The van der Waals surface area contributed by atoms with Gasteiger partial charge in [-0.05, 0) is 42.0 Å². The minimum absolute atomic E-state index is 0.0283. The molecule has 1 aromatic carbocycles. The lowest BCUT2D eigenvalue weighted by Gasteiger charge is -2.38. The lowest BCUT2D eigenvalue weighted by Crippen LogP contribution is -2.48. The molecule has 1 aliphatic heterocycles. The Balaban J connectivity index is 1.91. The third-order valence-electron chi connectivity index (χ3n) is 4.60. The summed E-state index contributed by atoms with van der Waals surface area (Å²) in [4.78, 5) is 4.86. The van der Waals surface area contributed by atoms with Crippen LogP contribution in [0.15, 0.2) is 36.9 Å². The van der Waals surface area contributed by atoms with Crippen LogP contribution in [0.25, 0.3) is 0 Å². The number of hydrogen-bond donors (Lipinski definition) is 0. The Bertz CT molecular complexity index is 688. The average molecular weight is 361 g/mol. The molecule has 1 aliphatic rings. The number of halogens is 1. The van der Waals surface area contributed by atoms with Crippen molar-refractivity contribution in [2.75, 3.05) is 32.7 Å². The van der Waals surface area contributed by atoms with E-state index in [1.807, 2.05) is 22.9 Å². The molecule has 0 radical (unpaired) electrons. The molecule has 7 heteroatoms. The van der Waals surface area contributed by atoms with E-state index < -0.39 is 0 Å². The summed E-state index contributed by atoms with van der Waals surface area (Å²) in [6.07, 6.45) is 1.96. The lowest BCUT2D eigenvalue weighted by atomic mass is 10.0. The van der Waals surface area contributed by atoms with E-state index in [4.69, 9.17) is 11.6 Å². The van der Waals surface area contributed by atoms with Gasteiger partial charge in [-0.3, -0.25) is 9.80 Å². The number of tetrazole rings is 1. The zero-order valence-electron chi connectivity index (χ0n) is 14.8. The molecule has 0 N–H and O–H groups in total. The topological polar surface area (TPSA) is 50.1 Å². The number of aromatic nitrogens is 4. The number of piperazine rings is 1. The lowest BCUT2D eigenvalue weighted by molar-refractivity contribution is 0.112. The Hall–Kier alpha value is -1.76. The van der Waals surface area contributed by atoms with Crippen LogP contribution >= 0.6 is 11.6 Å². The summed E-state index contributed by atoms with van der Waals surface area (Å²) in [7, 11) is 0. The van der Waals surface area contributed by atoms with Crippen LogP contribution in [0.4, 0.5) is 0 Å². The standard InChI is InChI=1S/C18H25ClN6/c1-4-9-23-10-12-24(13-11-23)17(15-5-7-16(19)8-6-15)18-20-21-22-25(18)14(2)3/h4-8,14,17H,1,9-13H2,2-3H3. The number of benzene rings is 1. The van der Waals surface area contributed by atoms with Gasteiger partial charge in [0.25, 0.3) is 0 Å². The highest BCUT2D eigenvalue weighted by atomic mass is 35.5. The van der Waals surface area contributed by atoms with Gasteiger partial charge in [0, 0.05) is 37.7 Å². The van der Waals surface area contributed by atoms with Gasteiger partial charge in [0.05, 0.1) is 12.1 Å². The normalized spacial score (nSPS) is 17.8. The highest BCUT2D eigenvalue weighted by Crippen LogP contribution is 2.30. The van der Waals surface area contributed by atoms with E-state index in [2.05, 4.69) is 57.9 Å². The van der Waals surface area contributed by atoms with E-state index in [0.717, 1.165) is 43.6 Å². The van der Waals surface area contributed by atoms with Gasteiger partial charge in [0.1, 0.15) is 0 Å². The van der Waals surface area contributed by atoms with E-state index in [1.54, 1.807) is 0 Å². The second kappa shape index (κ2) is 8.08. The summed E-state index contributed by atoms with van der Waals surface area (Å²) < 4.78 is 1.91. The second-order valence-electron chi connectivity index (χ2n) is 6.65. The van der Waals surface area contributed by atoms with Crippen molar-refractivity contribution < 1.29 is 0 Å². The van der Waals surface area contributed by atoms with Crippen LogP contribution in [0, 0.1) is 0 Å². The monoisotopic (exact) mass is 360 g/mol. The number of hydrogen-bond acceptors (Lipinski definition) is 5. The first-order valence-electron chi connectivity index (χ1n) is 8.70. The fraction of sp³-hybridized carbons (Fsp3) is 0.500. The molecule has 0 aliphatic carbocycles. The molecular weight excluding hydrogens is 336 g/mol. The van der Waals surface area contributed by atoms with Gasteiger partial charge in [-0.2, -0.15) is 0 Å². The SMILES string of the molecule is C=CCN1CCN(C(c2ccc(Cl)cc2)c2nnnn2C(C)C)CC1. The van der Waals surface area contributed by atoms with E-state index >= 15 is 0 Å². The van der Waals surface area contributed by atoms with Gasteiger partial charge in [-0.15, -0.1) is 11.7 Å². The molecular formula is C18H25ClN6. The molecule has 25 heavy (non-hydrogen) atoms. The van der Waals surface area contributed by atoms with Crippen molar-refractivity contribution in [2.24, 2.45) is 0 Å². The maximum absolute atomic E-state index is 6.09. The summed E-state index contributed by atoms with van der Waals surface area (Å²) in [5.74, 6) is 0.884. The van der Waals surface area contributed by atoms with E-state index in [9.17, 15) is 0 Å². The molecule has 0 spiro atoms. The molecule has 1 unspecified atom stereocenters. The van der Waals surface area contributed by atoms with Crippen LogP contribution in [-0.2, 0) is 0 Å². The Morgan fingerprint density at radius 1 is 1.16 bits per heavy atom. The molecule has 1 atom stereocenters. The van der Waals surface area contributed by atoms with Crippen LogP contribution in [0.1, 0.15) is 37.3 Å². The Morgan fingerprint density at radius 2 is 1.84 bits per heavy atom. The van der Waals surface area contributed by atoms with Crippen LogP contribution in [0.5, 0.6) is 0 Å². The molecule has 1 aromatic heterocycles. The van der Waals surface area contributed by atoms with E-state index in [-0.39, 0.29) is 12.1 Å². The third kappa shape index (κ3) is 4.08. The predicted octanol–water partition coefficient (Wildman–Crippen LogP) is 2.80. The molecule has 0 bridgehead atoms. The molecule has 6 nitrogen and oxygen atoms in total. The van der Waals surface area contributed by atoms with Gasteiger partial charge >= 0.3 is 0 Å². The molecule has 2 aromatic rings. The van der Waals surface area contributed by atoms with Gasteiger partial charge in [0.2, 0.25) is 0 Å². The van der Waals surface area contributed by atoms with E-state index in [0.29, 0.717) is 0 Å². The smallest absolute Gasteiger partial charge is 0.173 e. The van der Waals surface area contributed by atoms with Gasteiger partial charge in [-0.1, -0.05) is 29.8 Å². The first-order chi connectivity index (χ1) is 12.1. The summed E-state index contributed by atoms with van der Waals surface area (Å²) in [5.41, 5.74) is 1.17. The number of nitrogens with zero attached hydrogens (tertiary/aromatic N) is 6. The minimum Gasteiger partial charge on any atom is -0.297 e. The first-order valence-corrected chi connectivity index (χ1v) is 9.08. The summed E-state index contributed by atoms with van der Waals surface area (Å²) in [5, 5.41) is 13.2. The second-order valence-corrected chi connectivity index (χ2v) is 7.09. The summed E-state index contributed by atoms with van der Waals surface area (Å²) in [6, 6.07) is 8.25. The largest absolute Gasteiger partial charge is 0.297 e. The zero-order chi connectivity index (χ0) is 17.8. The fourth-order valence-electron chi connectivity index (χ4n) is 3.30. The highest BCUT2D eigenvalue weighted by Gasteiger charge is 2.30. The van der Waals surface area contributed by atoms with Crippen molar-refractivity contribution in [1.82, 2.24) is 30.0 Å². The zero-order valence-corrected chi connectivity index (χ0v) is 15.6. The molecule has 134 valence electrons. The molecule has 0 amide bonds. The molecule has 0 saturated carbocycles. The van der Waals surface area contributed by atoms with Crippen molar-refractivity contribution in [2.45, 2.75) is 25.9 Å². The minimum atomic E-state index is 0.0283. The number of rotatable bonds is 6. The quantitative estimate of drug-likeness (QED) is 0.741. The molecule has 1 saturated heterocycles. The van der Waals surface area contributed by atoms with Gasteiger partial charge < -0.3 is 0 Å². The van der Waals surface area contributed by atoms with Gasteiger partial charge in [-0.25, -0.2) is 4.68 Å². The Morgan fingerprint density at radius 3 is 2.44 bits per heavy atom. The van der Waals surface area contributed by atoms with Crippen molar-refractivity contribution in [3.63, 3.8) is 0 Å². The molecule has 1 fully saturated rings. The average Bonchev–Trinajstić information content (AvgIpc) is 3.08. The van der Waals surface area contributed by atoms with Crippen LogP contribution in [-0.4, -0.2) is 62.7 Å². The molecule has 3 rings (SSSR count). The summed E-state index contributed by atoms with van der Waals surface area (Å²) >= 11 is 6.09. The van der Waals surface area contributed by atoms with Crippen molar-refractivity contribution in [1.29, 1.82) is 0 Å². The van der Waals surface area contributed by atoms with E-state index in [1.165, 1.54) is 5.56 Å². The van der Waals surface area contributed by atoms with Crippen molar-refractivity contribution >= 4 is 11.6 Å². The maximum Gasteiger partial charge on any atom is 0.173 e. The summed E-state index contributed by atoms with van der Waals surface area (Å²) in [6.45, 7) is 12.9. The maximum atomic E-state index is 6.09.